The Kier molecular flexibility index (Phi) is 18.9. The van der Waals surface area contributed by atoms with Crippen molar-refractivity contribution in [3.05, 3.63) is 80.6 Å². The maximum absolute atomic E-state index is 13.0. The molecule has 326 valence electrons. The van der Waals surface area contributed by atoms with Crippen LogP contribution in [0.25, 0.3) is 0 Å². The quantitative estimate of drug-likeness (QED) is 0.0271. The minimum Gasteiger partial charge on any atom is -0.477 e. The van der Waals surface area contributed by atoms with Gasteiger partial charge in [-0.2, -0.15) is 0 Å². The lowest BCUT2D eigenvalue weighted by molar-refractivity contribution is -0.310. The molecule has 19 nitrogen and oxygen atoms in total. The monoisotopic (exact) mass is 840 g/mol. The van der Waals surface area contributed by atoms with Crippen molar-refractivity contribution in [1.82, 2.24) is 10.6 Å². The van der Waals surface area contributed by atoms with Crippen LogP contribution in [0.1, 0.15) is 42.5 Å². The molecule has 1 saturated heterocycles. The van der Waals surface area contributed by atoms with Crippen LogP contribution in [-0.2, 0) is 28.5 Å². The highest BCUT2D eigenvalue weighted by molar-refractivity contribution is 5.94. The predicted molar refractivity (Wildman–Crippen MR) is 215 cm³/mol. The number of amides is 2. The molecule has 1 aliphatic heterocycles. The van der Waals surface area contributed by atoms with Gasteiger partial charge >= 0.3 is 5.97 Å². The highest BCUT2D eigenvalue weighted by atomic mass is 16.7. The van der Waals surface area contributed by atoms with E-state index in [0.29, 0.717) is 63.5 Å². The molecule has 19 heteroatoms. The number of rotatable bonds is 27. The molecule has 60 heavy (non-hydrogen) atoms. The highest BCUT2D eigenvalue weighted by Crippen LogP contribution is 2.34. The Bertz CT molecular complexity index is 1950. The van der Waals surface area contributed by atoms with Crippen molar-refractivity contribution in [2.75, 3.05) is 69.9 Å². The Balaban J connectivity index is 1.26. The number of carbonyl (C=O) groups is 3. The molecule has 0 saturated carbocycles. The van der Waals surface area contributed by atoms with Gasteiger partial charge in [0.1, 0.15) is 48.3 Å². The molecule has 2 amide bonds. The number of para-hydroxylation sites is 1. The van der Waals surface area contributed by atoms with E-state index in [0.717, 1.165) is 0 Å². The summed E-state index contributed by atoms with van der Waals surface area (Å²) in [7, 11) is 0. The lowest BCUT2D eigenvalue weighted by Gasteiger charge is -2.46. The van der Waals surface area contributed by atoms with E-state index >= 15 is 0 Å². The molecule has 0 aliphatic carbocycles. The van der Waals surface area contributed by atoms with E-state index in [1.54, 1.807) is 36.4 Å². The van der Waals surface area contributed by atoms with Gasteiger partial charge in [-0.25, -0.2) is 4.79 Å². The second kappa shape index (κ2) is 24.0. The van der Waals surface area contributed by atoms with Gasteiger partial charge < -0.3 is 70.5 Å². The first-order valence-electron chi connectivity index (χ1n) is 19.4. The zero-order chi connectivity index (χ0) is 43.5. The summed E-state index contributed by atoms with van der Waals surface area (Å²) in [5.74, 6) is -2.52. The molecule has 0 spiro atoms. The third-order valence-corrected chi connectivity index (χ3v) is 9.37. The van der Waals surface area contributed by atoms with E-state index in [2.05, 4.69) is 27.2 Å². The summed E-state index contributed by atoms with van der Waals surface area (Å²) in [6.45, 7) is 0.0572. The molecule has 0 bridgehead atoms. The van der Waals surface area contributed by atoms with Gasteiger partial charge in [-0.15, -0.1) is 6.42 Å². The summed E-state index contributed by atoms with van der Waals surface area (Å²) in [6.07, 6.45) is -0.785. The van der Waals surface area contributed by atoms with Gasteiger partial charge in [0.2, 0.25) is 5.91 Å². The van der Waals surface area contributed by atoms with Crippen molar-refractivity contribution in [2.45, 2.75) is 68.3 Å². The van der Waals surface area contributed by atoms with Crippen molar-refractivity contribution in [3.63, 3.8) is 0 Å². The van der Waals surface area contributed by atoms with Crippen molar-refractivity contribution in [1.29, 1.82) is 0 Å². The van der Waals surface area contributed by atoms with Crippen LogP contribution in [0.4, 0.5) is 11.4 Å². The molecule has 0 unspecified atom stereocenters. The average molecular weight is 841 g/mol. The molecule has 4 rings (SSSR count). The van der Waals surface area contributed by atoms with E-state index < -0.39 is 84.5 Å². The predicted octanol–water partition coefficient (Wildman–Crippen LogP) is -0.298. The number of unbranched alkanes of at least 4 members (excludes halogenated alkanes) is 3. The summed E-state index contributed by atoms with van der Waals surface area (Å²) in [5, 5.41) is 63.4. The first kappa shape index (κ1) is 47.3. The van der Waals surface area contributed by atoms with E-state index in [1.807, 2.05) is 6.07 Å². The Morgan fingerprint density at radius 3 is 2.27 bits per heavy atom. The smallest absolute Gasteiger partial charge is 0.364 e. The average Bonchev–Trinajstić information content (AvgIpc) is 3.25. The third-order valence-electron chi connectivity index (χ3n) is 9.37. The van der Waals surface area contributed by atoms with E-state index in [4.69, 9.17) is 30.1 Å². The molecular weight excluding hydrogens is 788 g/mol. The fourth-order valence-electron chi connectivity index (χ4n) is 6.27. The largest absolute Gasteiger partial charge is 0.477 e. The number of benzene rings is 2. The normalized spacial score (nSPS) is 19.8. The molecule has 0 aromatic heterocycles. The molecular formula is C41H52N4O15. The van der Waals surface area contributed by atoms with Crippen LogP contribution in [0.2, 0.25) is 0 Å². The summed E-state index contributed by atoms with van der Waals surface area (Å²) in [4.78, 5) is 61.8. The Morgan fingerprint density at radius 1 is 0.883 bits per heavy atom. The van der Waals surface area contributed by atoms with Gasteiger partial charge in [0, 0.05) is 31.6 Å². The molecule has 1 aliphatic rings. The van der Waals surface area contributed by atoms with Crippen LogP contribution in [0, 0.1) is 12.3 Å². The number of carbonyl (C=O) groups excluding carboxylic acids is 2. The van der Waals surface area contributed by atoms with E-state index in [1.165, 1.54) is 12.1 Å². The summed E-state index contributed by atoms with van der Waals surface area (Å²) in [5.41, 5.74) is -0.713. The van der Waals surface area contributed by atoms with Crippen molar-refractivity contribution < 1.29 is 63.6 Å². The fourth-order valence-corrected chi connectivity index (χ4v) is 6.27. The second-order valence-corrected chi connectivity index (χ2v) is 13.8. The standard InChI is InChI=1S/C41H52N4O15/c1-2-17-56-20-21-57-19-16-43-34-33(36(51)37(34)52)42-15-8-3-4-9-18-58-41(40(54)55)23-29(47)32(45-31(49)25-46)38(60-41)35(50)30(48)24-44-39(53)26-11-10-14-28(22-26)59-27-12-6-5-7-13-27/h1,5-7,10-14,22,29-30,32,35,38,42-43,46-48,50H,3-4,8-9,15-21,23-25H2,(H,44,53)(H,45,49)(H,54,55)/t29-,30+,32+,35+,38+,41+/m0/s1. The van der Waals surface area contributed by atoms with Gasteiger partial charge in [-0.05, 0) is 43.2 Å². The van der Waals surface area contributed by atoms with Gasteiger partial charge in [-0.3, -0.25) is 19.2 Å². The van der Waals surface area contributed by atoms with Gasteiger partial charge in [0.25, 0.3) is 22.6 Å². The number of aliphatic hydroxyl groups is 4. The molecule has 0 radical (unpaired) electrons. The maximum Gasteiger partial charge on any atom is 0.364 e. The number of ether oxygens (including phenoxy) is 5. The Hall–Kier alpha value is -5.43. The number of carboxylic acids is 1. The Labute approximate surface area is 345 Å². The highest BCUT2D eigenvalue weighted by Gasteiger charge is 2.55. The zero-order valence-corrected chi connectivity index (χ0v) is 32.9. The molecule has 1 heterocycles. The lowest BCUT2D eigenvalue weighted by atomic mass is 9.88. The van der Waals surface area contributed by atoms with E-state index in [-0.39, 0.29) is 36.8 Å². The summed E-state index contributed by atoms with van der Waals surface area (Å²) >= 11 is 0. The van der Waals surface area contributed by atoms with Crippen molar-refractivity contribution in [2.24, 2.45) is 0 Å². The number of aliphatic carboxylic acids is 1. The zero-order valence-electron chi connectivity index (χ0n) is 32.9. The summed E-state index contributed by atoms with van der Waals surface area (Å²) in [6, 6.07) is 13.6. The molecule has 3 aromatic rings. The first-order valence-corrected chi connectivity index (χ1v) is 19.4. The molecule has 3 aromatic carbocycles. The van der Waals surface area contributed by atoms with Crippen LogP contribution >= 0.6 is 0 Å². The number of nitrogens with one attached hydrogen (secondary N) is 4. The number of anilines is 2. The molecule has 6 atom stereocenters. The Morgan fingerprint density at radius 2 is 1.57 bits per heavy atom. The van der Waals surface area contributed by atoms with Gasteiger partial charge in [-0.1, -0.05) is 43.0 Å². The lowest BCUT2D eigenvalue weighted by Crippen LogP contribution is -2.68. The van der Waals surface area contributed by atoms with Crippen molar-refractivity contribution >= 4 is 29.2 Å². The maximum atomic E-state index is 13.0. The van der Waals surface area contributed by atoms with Crippen LogP contribution < -0.4 is 36.9 Å². The number of hydrogen-bond acceptors (Lipinski definition) is 16. The minimum atomic E-state index is -2.51. The minimum absolute atomic E-state index is 0.166. The van der Waals surface area contributed by atoms with E-state index in [9.17, 15) is 49.5 Å². The summed E-state index contributed by atoms with van der Waals surface area (Å²) < 4.78 is 27.7. The first-order chi connectivity index (χ1) is 28.9. The third kappa shape index (κ3) is 13.6. The number of aliphatic hydroxyl groups excluding tert-OH is 4. The topological polar surface area (TPSA) is 281 Å². The second-order valence-electron chi connectivity index (χ2n) is 13.8. The van der Waals surface area contributed by atoms with Crippen LogP contribution in [0.5, 0.6) is 11.5 Å². The fraction of sp³-hybridized carbons (Fsp3) is 0.488. The number of hydrogen-bond donors (Lipinski definition) is 9. The van der Waals surface area contributed by atoms with Gasteiger partial charge in [0.15, 0.2) is 0 Å². The van der Waals surface area contributed by atoms with Crippen LogP contribution in [0.15, 0.2) is 64.2 Å². The van der Waals surface area contributed by atoms with Crippen LogP contribution in [0.3, 0.4) is 0 Å². The van der Waals surface area contributed by atoms with Crippen LogP contribution in [-0.4, -0.2) is 139 Å². The number of carboxylic acid groups (broad SMARTS) is 1. The number of terminal acetylenes is 1. The SMILES string of the molecule is C#CCOCCOCCNc1c(NCCCCCCO[C@]2(C(=O)O)C[C@H](O)[C@@H](NC(=O)CO)[C@H]([C@H](O)[C@H](O)CNC(=O)c3cccc(Oc4ccccc4)c3)O2)c(=O)c1=O. The molecule has 9 N–H and O–H groups in total. The van der Waals surface area contributed by atoms with Crippen molar-refractivity contribution in [3.8, 4) is 23.8 Å². The molecule has 1 fully saturated rings. The van der Waals surface area contributed by atoms with Gasteiger partial charge in [0.05, 0.1) is 44.7 Å².